The molecule has 4 rings (SSSR count). The molecule has 9 heteroatoms. The Labute approximate surface area is 157 Å². The lowest BCUT2D eigenvalue weighted by Crippen LogP contribution is -2.47. The summed E-state index contributed by atoms with van der Waals surface area (Å²) < 4.78 is 54.7. The number of hydrogen-bond donors (Lipinski definition) is 1. The molecule has 3 aromatic rings. The molecule has 0 spiro atoms. The van der Waals surface area contributed by atoms with Gasteiger partial charge in [-0.15, -0.1) is 0 Å². The normalized spacial score (nSPS) is 15.6. The molecule has 2 aromatic heterocycles. The summed E-state index contributed by atoms with van der Waals surface area (Å²) in [5, 5.41) is 2.06. The Bertz CT molecular complexity index is 1060. The van der Waals surface area contributed by atoms with Crippen LogP contribution >= 0.6 is 0 Å². The Balaban J connectivity index is 1.72. The van der Waals surface area contributed by atoms with Crippen LogP contribution in [0.1, 0.15) is 29.0 Å². The molecule has 0 bridgehead atoms. The summed E-state index contributed by atoms with van der Waals surface area (Å²) in [6, 6.07) is 5.56. The number of rotatable bonds is 4. The lowest BCUT2D eigenvalue weighted by molar-refractivity contribution is -0.158. The zero-order chi connectivity index (χ0) is 20.1. The van der Waals surface area contributed by atoms with Gasteiger partial charge >= 0.3 is 6.18 Å². The second-order valence-electron chi connectivity index (χ2n) is 6.91. The number of amides is 1. The Morgan fingerprint density at radius 3 is 2.68 bits per heavy atom. The van der Waals surface area contributed by atoms with Gasteiger partial charge in [0, 0.05) is 11.3 Å². The van der Waals surface area contributed by atoms with Crippen molar-refractivity contribution in [1.29, 1.82) is 0 Å². The first-order chi connectivity index (χ1) is 13.2. The van der Waals surface area contributed by atoms with Crippen LogP contribution < -0.4 is 5.32 Å². The second kappa shape index (κ2) is 6.57. The van der Waals surface area contributed by atoms with E-state index in [-0.39, 0.29) is 11.3 Å². The number of aryl methyl sites for hydroxylation is 1. The number of nitrogens with one attached hydrogen (secondary N) is 1. The van der Waals surface area contributed by atoms with E-state index in [1.54, 1.807) is 19.1 Å². The zero-order valence-corrected chi connectivity index (χ0v) is 14.8. The molecule has 5 nitrogen and oxygen atoms in total. The molecule has 146 valence electrons. The van der Waals surface area contributed by atoms with Gasteiger partial charge in [0.15, 0.2) is 11.3 Å². The van der Waals surface area contributed by atoms with Crippen LogP contribution in [0.4, 0.5) is 17.6 Å². The molecular formula is C19H16F4N4O. The molecule has 1 fully saturated rings. The van der Waals surface area contributed by atoms with E-state index in [9.17, 15) is 22.4 Å². The molecule has 0 aliphatic heterocycles. The molecule has 1 aliphatic rings. The lowest BCUT2D eigenvalue weighted by atomic mass is 10.1. The Morgan fingerprint density at radius 1 is 1.29 bits per heavy atom. The highest BCUT2D eigenvalue weighted by molar-refractivity contribution is 5.98. The number of carbonyl (C=O) groups is 1. The van der Waals surface area contributed by atoms with E-state index in [0.29, 0.717) is 29.8 Å². The van der Waals surface area contributed by atoms with Crippen LogP contribution in [-0.2, 0) is 0 Å². The highest BCUT2D eigenvalue weighted by Crippen LogP contribution is 2.40. The number of alkyl halides is 3. The van der Waals surface area contributed by atoms with Crippen molar-refractivity contribution < 1.29 is 22.4 Å². The van der Waals surface area contributed by atoms with Gasteiger partial charge in [0.25, 0.3) is 5.91 Å². The monoisotopic (exact) mass is 392 g/mol. The minimum atomic E-state index is -4.53. The van der Waals surface area contributed by atoms with Crippen molar-refractivity contribution in [3.05, 3.63) is 53.9 Å². The molecule has 1 amide bonds. The molecule has 0 radical (unpaired) electrons. The van der Waals surface area contributed by atoms with Crippen molar-refractivity contribution in [2.45, 2.75) is 32.0 Å². The Kier molecular flexibility index (Phi) is 4.32. The van der Waals surface area contributed by atoms with Crippen molar-refractivity contribution in [2.75, 3.05) is 0 Å². The maximum atomic E-state index is 13.5. The summed E-state index contributed by atoms with van der Waals surface area (Å²) in [5.74, 6) is -1.98. The van der Waals surface area contributed by atoms with Gasteiger partial charge in [-0.2, -0.15) is 13.2 Å². The SMILES string of the molecule is Cc1cc(-c2cccc(F)c2)nc2c(C(=O)N[C@H](C3CC3)C(F)(F)F)ncn12. The van der Waals surface area contributed by atoms with Crippen LogP contribution in [0.25, 0.3) is 16.9 Å². The van der Waals surface area contributed by atoms with Crippen LogP contribution in [0.5, 0.6) is 0 Å². The first-order valence-corrected chi connectivity index (χ1v) is 8.72. The number of carbonyl (C=O) groups excluding carboxylic acids is 1. The number of aromatic nitrogens is 3. The number of hydrogen-bond acceptors (Lipinski definition) is 3. The zero-order valence-electron chi connectivity index (χ0n) is 14.8. The predicted molar refractivity (Wildman–Crippen MR) is 93.2 cm³/mol. The summed E-state index contributed by atoms with van der Waals surface area (Å²) >= 11 is 0. The number of halogens is 4. The fraction of sp³-hybridized carbons (Fsp3) is 0.316. The maximum Gasteiger partial charge on any atom is 0.408 e. The minimum Gasteiger partial charge on any atom is -0.339 e. The smallest absolute Gasteiger partial charge is 0.339 e. The average molecular weight is 392 g/mol. The minimum absolute atomic E-state index is 0.119. The van der Waals surface area contributed by atoms with E-state index in [2.05, 4.69) is 15.3 Å². The molecule has 0 unspecified atom stereocenters. The Hall–Kier alpha value is -2.97. The van der Waals surface area contributed by atoms with Crippen LogP contribution in [0, 0.1) is 18.7 Å². The van der Waals surface area contributed by atoms with Crippen LogP contribution in [0.3, 0.4) is 0 Å². The number of nitrogens with zero attached hydrogens (tertiary/aromatic N) is 3. The first kappa shape index (κ1) is 18.4. The van der Waals surface area contributed by atoms with Gasteiger partial charge in [-0.1, -0.05) is 12.1 Å². The van der Waals surface area contributed by atoms with Crippen molar-refractivity contribution in [1.82, 2.24) is 19.7 Å². The van der Waals surface area contributed by atoms with Crippen LogP contribution in [0.2, 0.25) is 0 Å². The third-order valence-electron chi connectivity index (χ3n) is 4.76. The van der Waals surface area contributed by atoms with E-state index < -0.39 is 29.9 Å². The van der Waals surface area contributed by atoms with Crippen LogP contribution in [0.15, 0.2) is 36.7 Å². The molecule has 1 atom stereocenters. The molecular weight excluding hydrogens is 376 g/mol. The molecule has 2 heterocycles. The molecule has 1 saturated carbocycles. The summed E-state index contributed by atoms with van der Waals surface area (Å²) in [4.78, 5) is 20.9. The summed E-state index contributed by atoms with van der Waals surface area (Å²) in [7, 11) is 0. The fourth-order valence-corrected chi connectivity index (χ4v) is 3.18. The van der Waals surface area contributed by atoms with Crippen molar-refractivity contribution >= 4 is 11.6 Å². The van der Waals surface area contributed by atoms with Crippen molar-refractivity contribution in [2.24, 2.45) is 5.92 Å². The summed E-state index contributed by atoms with van der Waals surface area (Å²) in [6.07, 6.45) is -2.34. The predicted octanol–water partition coefficient (Wildman–Crippen LogP) is 3.91. The molecule has 1 N–H and O–H groups in total. The highest BCUT2D eigenvalue weighted by Gasteiger charge is 2.50. The maximum absolute atomic E-state index is 13.5. The number of imidazole rings is 1. The number of benzene rings is 1. The van der Waals surface area contributed by atoms with Crippen molar-refractivity contribution in [3.8, 4) is 11.3 Å². The molecule has 28 heavy (non-hydrogen) atoms. The lowest BCUT2D eigenvalue weighted by Gasteiger charge is -2.20. The van der Waals surface area contributed by atoms with E-state index in [4.69, 9.17) is 0 Å². The van der Waals surface area contributed by atoms with Gasteiger partial charge in [-0.05, 0) is 43.9 Å². The van der Waals surface area contributed by atoms with Gasteiger partial charge in [0.1, 0.15) is 18.2 Å². The van der Waals surface area contributed by atoms with E-state index >= 15 is 0 Å². The first-order valence-electron chi connectivity index (χ1n) is 8.72. The average Bonchev–Trinajstić information content (AvgIpc) is 3.36. The summed E-state index contributed by atoms with van der Waals surface area (Å²) in [6.45, 7) is 1.74. The van der Waals surface area contributed by atoms with E-state index in [1.807, 2.05) is 0 Å². The molecule has 0 saturated heterocycles. The van der Waals surface area contributed by atoms with Gasteiger partial charge in [0.2, 0.25) is 0 Å². The van der Waals surface area contributed by atoms with Gasteiger partial charge in [-0.25, -0.2) is 14.4 Å². The largest absolute Gasteiger partial charge is 0.408 e. The highest BCUT2D eigenvalue weighted by atomic mass is 19.4. The topological polar surface area (TPSA) is 59.3 Å². The van der Waals surface area contributed by atoms with Gasteiger partial charge in [-0.3, -0.25) is 9.20 Å². The quantitative estimate of drug-likeness (QED) is 0.685. The van der Waals surface area contributed by atoms with Gasteiger partial charge in [0.05, 0.1) is 5.69 Å². The number of fused-ring (bicyclic) bond motifs is 1. The summed E-state index contributed by atoms with van der Waals surface area (Å²) in [5.41, 5.74) is 1.47. The van der Waals surface area contributed by atoms with E-state index in [1.165, 1.54) is 28.9 Å². The second-order valence-corrected chi connectivity index (χ2v) is 6.91. The third kappa shape index (κ3) is 3.44. The molecule has 1 aliphatic carbocycles. The van der Waals surface area contributed by atoms with E-state index in [0.717, 1.165) is 0 Å². The molecule has 1 aromatic carbocycles. The van der Waals surface area contributed by atoms with Crippen LogP contribution in [-0.4, -0.2) is 32.5 Å². The third-order valence-corrected chi connectivity index (χ3v) is 4.76. The van der Waals surface area contributed by atoms with Crippen molar-refractivity contribution in [3.63, 3.8) is 0 Å². The Morgan fingerprint density at radius 2 is 2.04 bits per heavy atom. The fourth-order valence-electron chi connectivity index (χ4n) is 3.18. The van der Waals surface area contributed by atoms with Gasteiger partial charge < -0.3 is 5.32 Å². The standard InChI is InChI=1S/C19H16F4N4O/c1-10-7-14(12-3-2-4-13(20)8-12)25-17-15(24-9-27(10)17)18(28)26-16(11-5-6-11)19(21,22)23/h2-4,7-9,11,16H,5-6H2,1H3,(H,26,28)/t16-/m1/s1.